The number of benzene rings is 1. The van der Waals surface area contributed by atoms with Crippen molar-refractivity contribution in [3.05, 3.63) is 39.4 Å². The molecule has 1 heterocycles. The number of aromatic nitrogens is 2. The van der Waals surface area contributed by atoms with Crippen molar-refractivity contribution < 1.29 is 18.8 Å². The zero-order chi connectivity index (χ0) is 18.1. The van der Waals surface area contributed by atoms with E-state index in [1.807, 2.05) is 0 Å². The molecule has 6 nitrogen and oxygen atoms in total. The number of carbonyl (C=O) groups excluding carboxylic acids is 1. The summed E-state index contributed by atoms with van der Waals surface area (Å²) in [6.07, 6.45) is 2.66. The van der Waals surface area contributed by atoms with Crippen molar-refractivity contribution in [3.8, 4) is 17.1 Å². The van der Waals surface area contributed by atoms with E-state index in [0.29, 0.717) is 18.0 Å². The lowest BCUT2D eigenvalue weighted by Crippen LogP contribution is -2.15. The Bertz CT molecular complexity index is 844. The third-order valence-electron chi connectivity index (χ3n) is 3.89. The highest BCUT2D eigenvalue weighted by Crippen LogP contribution is 2.37. The number of hydrogen-bond acceptors (Lipinski definition) is 6. The molecule has 132 valence electrons. The molecule has 1 aromatic carbocycles. The molecule has 2 aromatic rings. The predicted molar refractivity (Wildman–Crippen MR) is 90.0 cm³/mol. The van der Waals surface area contributed by atoms with Crippen molar-refractivity contribution in [2.45, 2.75) is 19.3 Å². The van der Waals surface area contributed by atoms with Crippen LogP contribution >= 0.6 is 23.2 Å². The normalized spacial score (nSPS) is 13.6. The predicted octanol–water partition coefficient (Wildman–Crippen LogP) is 3.58. The summed E-state index contributed by atoms with van der Waals surface area (Å²) >= 11 is 12.1. The van der Waals surface area contributed by atoms with Crippen LogP contribution in [0.5, 0.6) is 5.75 Å². The summed E-state index contributed by atoms with van der Waals surface area (Å²) in [6.45, 7) is 0. The first-order chi connectivity index (χ1) is 12.0. The molecule has 0 amide bonds. The molecule has 0 radical (unpaired) electrons. The molecule has 0 spiro atoms. The van der Waals surface area contributed by atoms with Gasteiger partial charge in [0.1, 0.15) is 0 Å². The van der Waals surface area contributed by atoms with Crippen LogP contribution in [0.25, 0.3) is 11.4 Å². The Morgan fingerprint density at radius 1 is 1.36 bits per heavy atom. The van der Waals surface area contributed by atoms with Crippen LogP contribution in [0.3, 0.4) is 0 Å². The van der Waals surface area contributed by atoms with Crippen LogP contribution in [0.2, 0.25) is 10.0 Å². The number of carbonyl (C=O) groups is 1. The van der Waals surface area contributed by atoms with Crippen molar-refractivity contribution in [2.24, 2.45) is 11.8 Å². The molecule has 9 heteroatoms. The monoisotopic (exact) mass is 385 g/mol. The van der Waals surface area contributed by atoms with E-state index in [1.165, 1.54) is 19.2 Å². The Labute approximate surface area is 153 Å². The van der Waals surface area contributed by atoms with Crippen LogP contribution in [0.1, 0.15) is 29.0 Å². The summed E-state index contributed by atoms with van der Waals surface area (Å²) in [5, 5.41) is 0.171. The molecule has 0 unspecified atom stereocenters. The van der Waals surface area contributed by atoms with Crippen LogP contribution in [0.15, 0.2) is 12.1 Å². The summed E-state index contributed by atoms with van der Waals surface area (Å²) in [5.41, 5.74) is 0.266. The molecule has 1 fully saturated rings. The smallest absolute Gasteiger partial charge is 0.377 e. The summed E-state index contributed by atoms with van der Waals surface area (Å²) in [6, 6.07) is 2.86. The number of halogens is 3. The highest BCUT2D eigenvalue weighted by Gasteiger charge is 2.28. The SMILES string of the molecule is COc1c(Cl)ccc(-c2nc(CC3CC3)c(Cl)c(C(=O)ON)n2)c1F. The molecule has 2 N–H and O–H groups in total. The van der Waals surface area contributed by atoms with E-state index in [9.17, 15) is 9.18 Å². The molecule has 1 aliphatic rings. The van der Waals surface area contributed by atoms with Gasteiger partial charge in [-0.3, -0.25) is 0 Å². The fraction of sp³-hybridized carbons (Fsp3) is 0.312. The topological polar surface area (TPSA) is 87.3 Å². The van der Waals surface area contributed by atoms with E-state index >= 15 is 0 Å². The molecular weight excluding hydrogens is 372 g/mol. The van der Waals surface area contributed by atoms with Gasteiger partial charge in [-0.25, -0.2) is 19.2 Å². The van der Waals surface area contributed by atoms with Crippen LogP contribution in [-0.2, 0) is 11.3 Å². The van der Waals surface area contributed by atoms with E-state index in [1.54, 1.807) is 0 Å². The average molecular weight is 386 g/mol. The fourth-order valence-corrected chi connectivity index (χ4v) is 2.89. The minimum Gasteiger partial charge on any atom is -0.492 e. The summed E-state index contributed by atoms with van der Waals surface area (Å²) in [5.74, 6) is 3.56. The molecule has 3 rings (SSSR count). The average Bonchev–Trinajstić information content (AvgIpc) is 3.41. The quantitative estimate of drug-likeness (QED) is 0.791. The van der Waals surface area contributed by atoms with E-state index in [0.717, 1.165) is 12.8 Å². The molecule has 0 bridgehead atoms. The third kappa shape index (κ3) is 3.53. The lowest BCUT2D eigenvalue weighted by molar-refractivity contribution is 0.0496. The van der Waals surface area contributed by atoms with Crippen LogP contribution in [0.4, 0.5) is 4.39 Å². The second-order valence-corrected chi connectivity index (χ2v) is 6.44. The van der Waals surface area contributed by atoms with Gasteiger partial charge in [-0.05, 0) is 37.3 Å². The lowest BCUT2D eigenvalue weighted by Gasteiger charge is -2.12. The summed E-state index contributed by atoms with van der Waals surface area (Å²) < 4.78 is 19.6. The number of nitrogens with two attached hydrogens (primary N) is 1. The second-order valence-electron chi connectivity index (χ2n) is 5.65. The first-order valence-electron chi connectivity index (χ1n) is 7.46. The lowest BCUT2D eigenvalue weighted by atomic mass is 10.1. The number of nitrogens with zero attached hydrogens (tertiary/aromatic N) is 2. The third-order valence-corrected chi connectivity index (χ3v) is 4.59. The summed E-state index contributed by atoms with van der Waals surface area (Å²) in [7, 11) is 1.30. The molecule has 0 saturated heterocycles. The van der Waals surface area contributed by atoms with Crippen molar-refractivity contribution >= 4 is 29.2 Å². The Kier molecular flexibility index (Phi) is 5.08. The largest absolute Gasteiger partial charge is 0.492 e. The molecular formula is C16H14Cl2FN3O3. The van der Waals surface area contributed by atoms with Crippen LogP contribution in [0, 0.1) is 11.7 Å². The zero-order valence-electron chi connectivity index (χ0n) is 13.2. The maximum absolute atomic E-state index is 14.7. The van der Waals surface area contributed by atoms with Crippen molar-refractivity contribution in [3.63, 3.8) is 0 Å². The van der Waals surface area contributed by atoms with E-state index in [4.69, 9.17) is 33.8 Å². The Hall–Kier alpha value is -1.96. The van der Waals surface area contributed by atoms with E-state index in [-0.39, 0.29) is 32.9 Å². The van der Waals surface area contributed by atoms with Gasteiger partial charge in [-0.1, -0.05) is 23.2 Å². The maximum atomic E-state index is 14.7. The van der Waals surface area contributed by atoms with Gasteiger partial charge in [-0.15, -0.1) is 0 Å². The van der Waals surface area contributed by atoms with E-state index < -0.39 is 11.8 Å². The highest BCUT2D eigenvalue weighted by atomic mass is 35.5. The van der Waals surface area contributed by atoms with Crippen molar-refractivity contribution in [1.82, 2.24) is 9.97 Å². The standard InChI is InChI=1S/C16H14Cl2FN3O3/c1-24-14-9(17)5-4-8(12(14)19)15-21-10(6-7-2-3-7)11(18)13(22-15)16(23)25-20/h4-5,7H,2-3,6,20H2,1H3. The number of hydrogen-bond donors (Lipinski definition) is 1. The zero-order valence-corrected chi connectivity index (χ0v) is 14.7. The van der Waals surface area contributed by atoms with E-state index in [2.05, 4.69) is 14.8 Å². The van der Waals surface area contributed by atoms with Crippen LogP contribution in [-0.4, -0.2) is 23.0 Å². The highest BCUT2D eigenvalue weighted by molar-refractivity contribution is 6.34. The Morgan fingerprint density at radius 2 is 2.08 bits per heavy atom. The number of methoxy groups -OCH3 is 1. The minimum atomic E-state index is -0.924. The first kappa shape index (κ1) is 17.8. The van der Waals surface area contributed by atoms with Gasteiger partial charge in [0.2, 0.25) is 0 Å². The van der Waals surface area contributed by atoms with Gasteiger partial charge in [-0.2, -0.15) is 5.90 Å². The molecule has 1 aromatic heterocycles. The maximum Gasteiger partial charge on any atom is 0.377 e. The van der Waals surface area contributed by atoms with Crippen molar-refractivity contribution in [2.75, 3.05) is 7.11 Å². The van der Waals surface area contributed by atoms with Gasteiger partial charge in [0, 0.05) is 0 Å². The van der Waals surface area contributed by atoms with Crippen molar-refractivity contribution in [1.29, 1.82) is 0 Å². The Balaban J connectivity index is 2.17. The molecule has 0 atom stereocenters. The van der Waals surface area contributed by atoms with Gasteiger partial charge in [0.25, 0.3) is 0 Å². The van der Waals surface area contributed by atoms with Gasteiger partial charge in [0.15, 0.2) is 23.1 Å². The Morgan fingerprint density at radius 3 is 2.68 bits per heavy atom. The van der Waals surface area contributed by atoms with Gasteiger partial charge in [0.05, 0.1) is 28.4 Å². The molecule has 0 aliphatic heterocycles. The molecule has 1 saturated carbocycles. The molecule has 1 aliphatic carbocycles. The van der Waals surface area contributed by atoms with Crippen LogP contribution < -0.4 is 10.6 Å². The first-order valence-corrected chi connectivity index (χ1v) is 8.21. The molecule has 25 heavy (non-hydrogen) atoms. The fourth-order valence-electron chi connectivity index (χ4n) is 2.43. The second kappa shape index (κ2) is 7.11. The van der Waals surface area contributed by atoms with Gasteiger partial charge < -0.3 is 9.57 Å². The van der Waals surface area contributed by atoms with Gasteiger partial charge >= 0.3 is 5.97 Å². The number of rotatable bonds is 5. The summed E-state index contributed by atoms with van der Waals surface area (Å²) in [4.78, 5) is 24.5. The number of ether oxygens (including phenoxy) is 1. The minimum absolute atomic E-state index is 0.0204.